The number of aryl methyl sites for hydroxylation is 1. The molecule has 0 saturated carbocycles. The number of rotatable bonds is 4. The molecule has 0 fully saturated rings. The van der Waals surface area contributed by atoms with Crippen molar-refractivity contribution in [2.75, 3.05) is 12.4 Å². The van der Waals surface area contributed by atoms with E-state index < -0.39 is 17.5 Å². The summed E-state index contributed by atoms with van der Waals surface area (Å²) >= 11 is 3.36. The van der Waals surface area contributed by atoms with Gasteiger partial charge in [0.2, 0.25) is 0 Å². The molecular formula is C15H13BrF3NO. The summed E-state index contributed by atoms with van der Waals surface area (Å²) in [6.45, 7) is 2.02. The molecule has 0 bridgehead atoms. The van der Waals surface area contributed by atoms with E-state index in [1.54, 1.807) is 6.07 Å². The summed E-state index contributed by atoms with van der Waals surface area (Å²) in [5, 5.41) is 3.05. The van der Waals surface area contributed by atoms with Crippen molar-refractivity contribution in [3.63, 3.8) is 0 Å². The lowest BCUT2D eigenvalue weighted by atomic mass is 10.1. The van der Waals surface area contributed by atoms with Gasteiger partial charge < -0.3 is 10.1 Å². The number of anilines is 1. The van der Waals surface area contributed by atoms with Crippen molar-refractivity contribution in [2.24, 2.45) is 0 Å². The van der Waals surface area contributed by atoms with Gasteiger partial charge in [0.15, 0.2) is 17.5 Å². The Kier molecular flexibility index (Phi) is 4.77. The van der Waals surface area contributed by atoms with Crippen LogP contribution in [0.5, 0.6) is 5.75 Å². The lowest BCUT2D eigenvalue weighted by Gasteiger charge is -2.15. The van der Waals surface area contributed by atoms with E-state index in [-0.39, 0.29) is 6.54 Å². The van der Waals surface area contributed by atoms with Crippen molar-refractivity contribution in [1.82, 2.24) is 0 Å². The summed E-state index contributed by atoms with van der Waals surface area (Å²) in [5.41, 5.74) is 1.92. The first-order valence-electron chi connectivity index (χ1n) is 6.13. The molecule has 0 heterocycles. The first kappa shape index (κ1) is 15.7. The molecule has 2 aromatic carbocycles. The molecule has 0 aliphatic rings. The number of hydrogen-bond donors (Lipinski definition) is 1. The number of halogens is 4. The number of hydrogen-bond acceptors (Lipinski definition) is 2. The van der Waals surface area contributed by atoms with Gasteiger partial charge in [0.25, 0.3) is 0 Å². The van der Waals surface area contributed by atoms with Crippen LogP contribution < -0.4 is 10.1 Å². The van der Waals surface area contributed by atoms with E-state index in [9.17, 15) is 13.2 Å². The average molecular weight is 360 g/mol. The van der Waals surface area contributed by atoms with Gasteiger partial charge in [-0.2, -0.15) is 0 Å². The van der Waals surface area contributed by atoms with Crippen LogP contribution in [0.15, 0.2) is 28.7 Å². The van der Waals surface area contributed by atoms with Crippen molar-refractivity contribution in [3.8, 4) is 5.75 Å². The maximum atomic E-state index is 13.2. The number of methoxy groups -OCH3 is 1. The maximum absolute atomic E-state index is 13.2. The Morgan fingerprint density at radius 2 is 1.71 bits per heavy atom. The second-order valence-corrected chi connectivity index (χ2v) is 5.44. The number of nitrogens with one attached hydrogen (secondary N) is 1. The van der Waals surface area contributed by atoms with E-state index in [0.717, 1.165) is 22.2 Å². The van der Waals surface area contributed by atoms with Gasteiger partial charge in [-0.25, -0.2) is 13.2 Å². The van der Waals surface area contributed by atoms with Crippen molar-refractivity contribution in [2.45, 2.75) is 13.5 Å². The van der Waals surface area contributed by atoms with Crippen molar-refractivity contribution < 1.29 is 17.9 Å². The fourth-order valence-corrected chi connectivity index (χ4v) is 2.55. The molecule has 0 saturated heterocycles. The third kappa shape index (κ3) is 3.50. The molecule has 0 aliphatic heterocycles. The Balaban J connectivity index is 2.24. The summed E-state index contributed by atoms with van der Waals surface area (Å²) in [7, 11) is 1.53. The Labute approximate surface area is 129 Å². The Morgan fingerprint density at radius 3 is 2.29 bits per heavy atom. The highest BCUT2D eigenvalue weighted by Crippen LogP contribution is 2.32. The maximum Gasteiger partial charge on any atom is 0.194 e. The third-order valence-corrected chi connectivity index (χ3v) is 3.45. The van der Waals surface area contributed by atoms with Crippen LogP contribution in [0.2, 0.25) is 0 Å². The molecule has 6 heteroatoms. The van der Waals surface area contributed by atoms with Gasteiger partial charge in [-0.3, -0.25) is 0 Å². The van der Waals surface area contributed by atoms with Crippen molar-refractivity contribution in [1.29, 1.82) is 0 Å². The van der Waals surface area contributed by atoms with Gasteiger partial charge in [0, 0.05) is 11.0 Å². The zero-order valence-electron chi connectivity index (χ0n) is 11.4. The molecular weight excluding hydrogens is 347 g/mol. The van der Waals surface area contributed by atoms with E-state index in [0.29, 0.717) is 17.0 Å². The highest BCUT2D eigenvalue weighted by Gasteiger charge is 2.12. The fourth-order valence-electron chi connectivity index (χ4n) is 2.00. The molecule has 2 nitrogen and oxygen atoms in total. The van der Waals surface area contributed by atoms with Gasteiger partial charge in [0.1, 0.15) is 5.75 Å². The monoisotopic (exact) mass is 359 g/mol. The molecule has 0 spiro atoms. The number of benzene rings is 2. The molecule has 2 rings (SSSR count). The van der Waals surface area contributed by atoms with Gasteiger partial charge in [-0.1, -0.05) is 15.9 Å². The van der Waals surface area contributed by atoms with Crippen LogP contribution in [0.1, 0.15) is 11.1 Å². The highest BCUT2D eigenvalue weighted by atomic mass is 79.9. The minimum Gasteiger partial charge on any atom is -0.495 e. The van der Waals surface area contributed by atoms with Crippen LogP contribution in [0.4, 0.5) is 18.9 Å². The standard InChI is InChI=1S/C15H13BrF3NO/c1-8-3-10(16)6-13(21-2)15(8)20-7-9-4-11(17)14(19)12(18)5-9/h3-6,20H,7H2,1-2H3. The fraction of sp³-hybridized carbons (Fsp3) is 0.200. The van der Waals surface area contributed by atoms with E-state index in [1.807, 2.05) is 13.0 Å². The van der Waals surface area contributed by atoms with Gasteiger partial charge >= 0.3 is 0 Å². The van der Waals surface area contributed by atoms with Crippen LogP contribution in [0.3, 0.4) is 0 Å². The number of ether oxygens (including phenoxy) is 1. The first-order chi connectivity index (χ1) is 9.92. The van der Waals surface area contributed by atoms with Crippen LogP contribution >= 0.6 is 15.9 Å². The summed E-state index contributed by atoms with van der Waals surface area (Å²) in [6, 6.07) is 5.59. The summed E-state index contributed by atoms with van der Waals surface area (Å²) in [6.07, 6.45) is 0. The van der Waals surface area contributed by atoms with Crippen LogP contribution in [0, 0.1) is 24.4 Å². The molecule has 1 N–H and O–H groups in total. The smallest absolute Gasteiger partial charge is 0.194 e. The largest absolute Gasteiger partial charge is 0.495 e. The minimum atomic E-state index is -1.46. The molecule has 0 aromatic heterocycles. The topological polar surface area (TPSA) is 21.3 Å². The molecule has 0 aliphatic carbocycles. The third-order valence-electron chi connectivity index (χ3n) is 3.00. The summed E-state index contributed by atoms with van der Waals surface area (Å²) < 4.78 is 45.4. The normalized spacial score (nSPS) is 10.6. The van der Waals surface area contributed by atoms with Gasteiger partial charge in [0.05, 0.1) is 12.8 Å². The zero-order valence-corrected chi connectivity index (χ0v) is 13.0. The van der Waals surface area contributed by atoms with Crippen LogP contribution in [-0.2, 0) is 6.54 Å². The Bertz CT molecular complexity index is 653. The summed E-state index contributed by atoms with van der Waals surface area (Å²) in [5.74, 6) is -3.27. The first-order valence-corrected chi connectivity index (χ1v) is 6.93. The second-order valence-electron chi connectivity index (χ2n) is 4.53. The SMILES string of the molecule is COc1cc(Br)cc(C)c1NCc1cc(F)c(F)c(F)c1. The molecule has 21 heavy (non-hydrogen) atoms. The molecule has 112 valence electrons. The van der Waals surface area contributed by atoms with E-state index in [2.05, 4.69) is 21.2 Å². The molecule has 0 radical (unpaired) electrons. The summed E-state index contributed by atoms with van der Waals surface area (Å²) in [4.78, 5) is 0. The molecule has 0 amide bonds. The van der Waals surface area contributed by atoms with Gasteiger partial charge in [-0.15, -0.1) is 0 Å². The predicted molar refractivity (Wildman–Crippen MR) is 79.1 cm³/mol. The highest BCUT2D eigenvalue weighted by molar-refractivity contribution is 9.10. The lowest BCUT2D eigenvalue weighted by Crippen LogP contribution is -2.05. The lowest BCUT2D eigenvalue weighted by molar-refractivity contribution is 0.416. The predicted octanol–water partition coefficient (Wildman–Crippen LogP) is 4.80. The average Bonchev–Trinajstić information content (AvgIpc) is 2.42. The van der Waals surface area contributed by atoms with Crippen molar-refractivity contribution >= 4 is 21.6 Å². The minimum absolute atomic E-state index is 0.146. The second kappa shape index (κ2) is 6.39. The van der Waals surface area contributed by atoms with Crippen LogP contribution in [0.25, 0.3) is 0 Å². The molecule has 0 atom stereocenters. The van der Waals surface area contributed by atoms with Crippen LogP contribution in [-0.4, -0.2) is 7.11 Å². The molecule has 2 aromatic rings. The van der Waals surface area contributed by atoms with E-state index in [4.69, 9.17) is 4.74 Å². The van der Waals surface area contributed by atoms with Crippen molar-refractivity contribution in [3.05, 3.63) is 57.3 Å². The zero-order chi connectivity index (χ0) is 15.6. The Hall–Kier alpha value is -1.69. The molecule has 0 unspecified atom stereocenters. The van der Waals surface area contributed by atoms with E-state index in [1.165, 1.54) is 7.11 Å². The Morgan fingerprint density at radius 1 is 1.10 bits per heavy atom. The van der Waals surface area contributed by atoms with E-state index >= 15 is 0 Å². The quantitative estimate of drug-likeness (QED) is 0.792. The van der Waals surface area contributed by atoms with Gasteiger partial charge in [-0.05, 0) is 42.3 Å².